The minimum atomic E-state index is -3.30. The van der Waals surface area contributed by atoms with Gasteiger partial charge in [0, 0.05) is 13.0 Å². The molecule has 5 nitrogen and oxygen atoms in total. The van der Waals surface area contributed by atoms with Gasteiger partial charge in [0.05, 0.1) is 5.75 Å². The third-order valence-electron chi connectivity index (χ3n) is 2.53. The van der Waals surface area contributed by atoms with Gasteiger partial charge in [-0.05, 0) is 31.2 Å². The van der Waals surface area contributed by atoms with Crippen LogP contribution in [-0.4, -0.2) is 33.7 Å². The summed E-state index contributed by atoms with van der Waals surface area (Å²) in [6.07, 6.45) is 0.616. The van der Waals surface area contributed by atoms with Gasteiger partial charge in [0.2, 0.25) is 15.9 Å². The van der Waals surface area contributed by atoms with Crippen molar-refractivity contribution in [1.29, 1.82) is 0 Å². The molecule has 19 heavy (non-hydrogen) atoms. The van der Waals surface area contributed by atoms with Gasteiger partial charge in [-0.2, -0.15) is 0 Å². The fourth-order valence-electron chi connectivity index (χ4n) is 1.47. The van der Waals surface area contributed by atoms with E-state index >= 15 is 0 Å². The van der Waals surface area contributed by atoms with Crippen molar-refractivity contribution in [3.63, 3.8) is 0 Å². The molecule has 0 aliphatic carbocycles. The first-order valence-corrected chi connectivity index (χ1v) is 7.50. The van der Waals surface area contributed by atoms with E-state index in [0.29, 0.717) is 6.42 Å². The number of amides is 1. The van der Waals surface area contributed by atoms with Gasteiger partial charge in [-0.25, -0.2) is 17.5 Å². The molecule has 0 radical (unpaired) electrons. The van der Waals surface area contributed by atoms with E-state index in [1.165, 1.54) is 19.2 Å². The van der Waals surface area contributed by atoms with E-state index in [2.05, 4.69) is 10.0 Å². The Kier molecular flexibility index (Phi) is 5.91. The van der Waals surface area contributed by atoms with Crippen LogP contribution in [-0.2, 0) is 21.2 Å². The molecule has 0 atom stereocenters. The van der Waals surface area contributed by atoms with Crippen LogP contribution in [0.4, 0.5) is 4.39 Å². The molecule has 1 amide bonds. The topological polar surface area (TPSA) is 75.3 Å². The van der Waals surface area contributed by atoms with Crippen molar-refractivity contribution in [2.45, 2.75) is 12.8 Å². The minimum absolute atomic E-state index is 0.0607. The van der Waals surface area contributed by atoms with Crippen LogP contribution >= 0.6 is 0 Å². The first-order chi connectivity index (χ1) is 8.93. The Morgan fingerprint density at radius 3 is 2.74 bits per heavy atom. The maximum Gasteiger partial charge on any atom is 0.220 e. The maximum atomic E-state index is 12.9. The lowest BCUT2D eigenvalue weighted by Gasteiger charge is -2.06. The number of hydrogen-bond donors (Lipinski definition) is 2. The number of hydrogen-bond acceptors (Lipinski definition) is 3. The number of carbonyl (C=O) groups is 1. The van der Waals surface area contributed by atoms with Crippen molar-refractivity contribution in [2.75, 3.05) is 19.3 Å². The predicted octanol–water partition coefficient (Wildman–Crippen LogP) is 0.424. The van der Waals surface area contributed by atoms with Crippen LogP contribution in [0.25, 0.3) is 0 Å². The summed E-state index contributed by atoms with van der Waals surface area (Å²) in [7, 11) is -1.98. The Balaban J connectivity index is 2.29. The molecule has 7 heteroatoms. The summed E-state index contributed by atoms with van der Waals surface area (Å²) in [5, 5.41) is 2.51. The highest BCUT2D eigenvalue weighted by Gasteiger charge is 2.08. The molecule has 0 aliphatic heterocycles. The Morgan fingerprint density at radius 2 is 2.11 bits per heavy atom. The van der Waals surface area contributed by atoms with Crippen LogP contribution in [0.2, 0.25) is 0 Å². The lowest BCUT2D eigenvalue weighted by Crippen LogP contribution is -2.33. The van der Waals surface area contributed by atoms with E-state index in [-0.39, 0.29) is 30.4 Å². The summed E-state index contributed by atoms with van der Waals surface area (Å²) in [6, 6.07) is 6.04. The highest BCUT2D eigenvalue weighted by Crippen LogP contribution is 2.05. The van der Waals surface area contributed by atoms with Gasteiger partial charge >= 0.3 is 0 Å². The van der Waals surface area contributed by atoms with Gasteiger partial charge in [-0.1, -0.05) is 12.1 Å². The number of aryl methyl sites for hydroxylation is 1. The Labute approximate surface area is 112 Å². The normalized spacial score (nSPS) is 11.3. The highest BCUT2D eigenvalue weighted by atomic mass is 32.2. The van der Waals surface area contributed by atoms with Crippen molar-refractivity contribution in [2.24, 2.45) is 0 Å². The lowest BCUT2D eigenvalue weighted by molar-refractivity contribution is -0.120. The quantitative estimate of drug-likeness (QED) is 0.763. The van der Waals surface area contributed by atoms with E-state index in [0.717, 1.165) is 5.56 Å². The highest BCUT2D eigenvalue weighted by molar-refractivity contribution is 7.89. The molecule has 1 aromatic rings. The summed E-state index contributed by atoms with van der Waals surface area (Å²) < 4.78 is 37.2. The zero-order chi connectivity index (χ0) is 14.3. The van der Waals surface area contributed by atoms with Gasteiger partial charge in [-0.3, -0.25) is 4.79 Å². The molecular weight excluding hydrogens is 271 g/mol. The van der Waals surface area contributed by atoms with Crippen LogP contribution in [0.5, 0.6) is 0 Å². The van der Waals surface area contributed by atoms with Gasteiger partial charge < -0.3 is 5.32 Å². The van der Waals surface area contributed by atoms with Crippen LogP contribution in [0.1, 0.15) is 12.0 Å². The SMILES string of the molecule is CNS(=O)(=O)CCNC(=O)CCc1cccc(F)c1. The number of halogens is 1. The van der Waals surface area contributed by atoms with Crippen molar-refractivity contribution >= 4 is 15.9 Å². The van der Waals surface area contributed by atoms with Gasteiger partial charge in [0.1, 0.15) is 5.82 Å². The second kappa shape index (κ2) is 7.20. The molecule has 0 fully saturated rings. The number of rotatable bonds is 7. The molecule has 0 spiro atoms. The number of nitrogens with one attached hydrogen (secondary N) is 2. The third-order valence-corrected chi connectivity index (χ3v) is 3.90. The molecular formula is C12H17FN2O3S. The zero-order valence-corrected chi connectivity index (χ0v) is 11.5. The first-order valence-electron chi connectivity index (χ1n) is 5.85. The second-order valence-corrected chi connectivity index (χ2v) is 6.05. The summed E-state index contributed by atoms with van der Waals surface area (Å²) in [5.41, 5.74) is 0.734. The van der Waals surface area contributed by atoms with E-state index in [9.17, 15) is 17.6 Å². The fourth-order valence-corrected chi connectivity index (χ4v) is 2.04. The average Bonchev–Trinajstić information content (AvgIpc) is 2.36. The molecule has 106 valence electrons. The fraction of sp³-hybridized carbons (Fsp3) is 0.417. The first kappa shape index (κ1) is 15.6. The van der Waals surface area contributed by atoms with Gasteiger partial charge in [-0.15, -0.1) is 0 Å². The predicted molar refractivity (Wildman–Crippen MR) is 70.6 cm³/mol. The molecule has 0 aromatic heterocycles. The number of carbonyl (C=O) groups excluding carboxylic acids is 1. The summed E-state index contributed by atoms with van der Waals surface area (Å²) in [6.45, 7) is 0.0607. The molecule has 0 unspecified atom stereocenters. The second-order valence-electron chi connectivity index (χ2n) is 4.00. The van der Waals surface area contributed by atoms with Crippen LogP contribution in [0, 0.1) is 5.82 Å². The Hall–Kier alpha value is -1.47. The summed E-state index contributed by atoms with van der Waals surface area (Å²) in [4.78, 5) is 11.5. The van der Waals surface area contributed by atoms with Crippen LogP contribution in [0.3, 0.4) is 0 Å². The van der Waals surface area contributed by atoms with Crippen molar-refractivity contribution in [1.82, 2.24) is 10.0 Å². The van der Waals surface area contributed by atoms with E-state index in [4.69, 9.17) is 0 Å². The largest absolute Gasteiger partial charge is 0.355 e. The van der Waals surface area contributed by atoms with Crippen LogP contribution < -0.4 is 10.0 Å². The van der Waals surface area contributed by atoms with E-state index in [1.807, 2.05) is 0 Å². The maximum absolute atomic E-state index is 12.9. The van der Waals surface area contributed by atoms with Crippen molar-refractivity contribution in [3.8, 4) is 0 Å². The zero-order valence-electron chi connectivity index (χ0n) is 10.6. The molecule has 0 aliphatic rings. The number of sulfonamides is 1. The molecule has 0 saturated carbocycles. The third kappa shape index (κ3) is 6.30. The monoisotopic (exact) mass is 288 g/mol. The number of benzene rings is 1. The Morgan fingerprint density at radius 1 is 1.37 bits per heavy atom. The van der Waals surface area contributed by atoms with Crippen molar-refractivity contribution in [3.05, 3.63) is 35.6 Å². The Bertz CT molecular complexity index is 532. The molecule has 2 N–H and O–H groups in total. The molecule has 0 saturated heterocycles. The van der Waals surface area contributed by atoms with E-state index in [1.54, 1.807) is 12.1 Å². The lowest BCUT2D eigenvalue weighted by atomic mass is 10.1. The van der Waals surface area contributed by atoms with Gasteiger partial charge in [0.25, 0.3) is 0 Å². The summed E-state index contributed by atoms with van der Waals surface area (Å²) in [5.74, 6) is -0.747. The van der Waals surface area contributed by atoms with Crippen LogP contribution in [0.15, 0.2) is 24.3 Å². The average molecular weight is 288 g/mol. The standard InChI is InChI=1S/C12H17FN2O3S/c1-14-19(17,18)8-7-15-12(16)6-5-10-3-2-4-11(13)9-10/h2-4,9,14H,5-8H2,1H3,(H,15,16). The summed E-state index contributed by atoms with van der Waals surface area (Å²) >= 11 is 0. The van der Waals surface area contributed by atoms with Crippen molar-refractivity contribution < 1.29 is 17.6 Å². The van der Waals surface area contributed by atoms with E-state index < -0.39 is 10.0 Å². The van der Waals surface area contributed by atoms with Gasteiger partial charge in [0.15, 0.2) is 0 Å². The molecule has 1 rings (SSSR count). The minimum Gasteiger partial charge on any atom is -0.355 e. The molecule has 0 heterocycles. The smallest absolute Gasteiger partial charge is 0.220 e. The molecule has 0 bridgehead atoms. The molecule has 1 aromatic carbocycles.